The zero-order valence-corrected chi connectivity index (χ0v) is 15.5. The Labute approximate surface area is 152 Å². The third-order valence-electron chi connectivity index (χ3n) is 3.34. The summed E-state index contributed by atoms with van der Waals surface area (Å²) in [4.78, 5) is 22.8. The SMILES string of the molecule is COc1ccc(Nc2nc(C)cc(C(=O)NCCN(C)C)n2)cc1Cl. The Bertz CT molecular complexity index is 752. The summed E-state index contributed by atoms with van der Waals surface area (Å²) in [6.07, 6.45) is 0. The summed E-state index contributed by atoms with van der Waals surface area (Å²) in [7, 11) is 5.45. The van der Waals surface area contributed by atoms with Crippen molar-refractivity contribution in [2.75, 3.05) is 39.6 Å². The third kappa shape index (κ3) is 5.58. The highest BCUT2D eigenvalue weighted by molar-refractivity contribution is 6.32. The lowest BCUT2D eigenvalue weighted by Crippen LogP contribution is -2.32. The van der Waals surface area contributed by atoms with Crippen LogP contribution in [0.15, 0.2) is 24.3 Å². The molecule has 2 aromatic rings. The van der Waals surface area contributed by atoms with Crippen molar-refractivity contribution >= 4 is 29.1 Å². The van der Waals surface area contributed by atoms with E-state index in [0.717, 1.165) is 6.54 Å². The molecule has 1 aromatic heterocycles. The van der Waals surface area contributed by atoms with Gasteiger partial charge in [0, 0.05) is 24.5 Å². The van der Waals surface area contributed by atoms with Crippen molar-refractivity contribution in [3.8, 4) is 5.75 Å². The number of amides is 1. The van der Waals surface area contributed by atoms with Crippen molar-refractivity contribution < 1.29 is 9.53 Å². The van der Waals surface area contributed by atoms with Crippen LogP contribution in [0.4, 0.5) is 11.6 Å². The summed E-state index contributed by atoms with van der Waals surface area (Å²) in [6.45, 7) is 3.11. The number of carbonyl (C=O) groups is 1. The van der Waals surface area contributed by atoms with E-state index in [4.69, 9.17) is 16.3 Å². The zero-order chi connectivity index (χ0) is 18.4. The molecule has 2 N–H and O–H groups in total. The summed E-state index contributed by atoms with van der Waals surface area (Å²) in [5.74, 6) is 0.681. The summed E-state index contributed by atoms with van der Waals surface area (Å²) in [5.41, 5.74) is 1.71. The smallest absolute Gasteiger partial charge is 0.270 e. The topological polar surface area (TPSA) is 79.4 Å². The number of aryl methyl sites for hydroxylation is 1. The van der Waals surface area contributed by atoms with Gasteiger partial charge in [0.1, 0.15) is 11.4 Å². The Morgan fingerprint density at radius 1 is 1.28 bits per heavy atom. The van der Waals surface area contributed by atoms with E-state index < -0.39 is 0 Å². The molecular formula is C17H22ClN5O2. The molecule has 0 aliphatic rings. The Balaban J connectivity index is 2.13. The van der Waals surface area contributed by atoms with E-state index in [0.29, 0.717) is 40.3 Å². The van der Waals surface area contributed by atoms with Gasteiger partial charge in [-0.2, -0.15) is 0 Å². The predicted octanol–water partition coefficient (Wildman–Crippen LogP) is 2.48. The number of nitrogens with one attached hydrogen (secondary N) is 2. The fourth-order valence-corrected chi connectivity index (χ4v) is 2.36. The number of likely N-dealkylation sites (N-methyl/N-ethyl adjacent to an activating group) is 1. The molecule has 0 radical (unpaired) electrons. The Morgan fingerprint density at radius 2 is 2.04 bits per heavy atom. The van der Waals surface area contributed by atoms with Crippen LogP contribution in [0.3, 0.4) is 0 Å². The minimum absolute atomic E-state index is 0.233. The summed E-state index contributed by atoms with van der Waals surface area (Å²) < 4.78 is 5.13. The van der Waals surface area contributed by atoms with Crippen LogP contribution in [0, 0.1) is 6.92 Å². The maximum absolute atomic E-state index is 12.2. The van der Waals surface area contributed by atoms with Crippen molar-refractivity contribution in [3.63, 3.8) is 0 Å². The van der Waals surface area contributed by atoms with Crippen molar-refractivity contribution in [3.05, 3.63) is 40.7 Å². The molecule has 1 aromatic carbocycles. The minimum Gasteiger partial charge on any atom is -0.495 e. The van der Waals surface area contributed by atoms with Gasteiger partial charge in [-0.25, -0.2) is 9.97 Å². The standard InChI is InChI=1S/C17H22ClN5O2/c1-11-9-14(16(24)19-7-8-23(2)3)22-17(20-11)21-12-5-6-15(25-4)13(18)10-12/h5-6,9-10H,7-8H2,1-4H3,(H,19,24)(H,20,21,22). The molecule has 0 aliphatic heterocycles. The van der Waals surface area contributed by atoms with Crippen molar-refractivity contribution in [1.82, 2.24) is 20.2 Å². The van der Waals surface area contributed by atoms with E-state index >= 15 is 0 Å². The molecule has 8 heteroatoms. The van der Waals surface area contributed by atoms with Crippen LogP contribution in [0.2, 0.25) is 5.02 Å². The quantitative estimate of drug-likeness (QED) is 0.786. The third-order valence-corrected chi connectivity index (χ3v) is 3.63. The molecular weight excluding hydrogens is 342 g/mol. The van der Waals surface area contributed by atoms with Crippen LogP contribution in [0.25, 0.3) is 0 Å². The summed E-state index contributed by atoms with van der Waals surface area (Å²) in [5, 5.41) is 6.37. The number of halogens is 1. The molecule has 0 saturated carbocycles. The fraction of sp³-hybridized carbons (Fsp3) is 0.353. The highest BCUT2D eigenvalue weighted by atomic mass is 35.5. The molecule has 7 nitrogen and oxygen atoms in total. The zero-order valence-electron chi connectivity index (χ0n) is 14.8. The Kier molecular flexibility index (Phi) is 6.55. The van der Waals surface area contributed by atoms with E-state index in [-0.39, 0.29) is 5.91 Å². The number of methoxy groups -OCH3 is 1. The molecule has 1 heterocycles. The van der Waals surface area contributed by atoms with Gasteiger partial charge < -0.3 is 20.3 Å². The van der Waals surface area contributed by atoms with Gasteiger partial charge >= 0.3 is 0 Å². The van der Waals surface area contributed by atoms with Crippen LogP contribution in [0.1, 0.15) is 16.2 Å². The fourth-order valence-electron chi connectivity index (χ4n) is 2.10. The van der Waals surface area contributed by atoms with Gasteiger partial charge in [0.2, 0.25) is 5.95 Å². The maximum atomic E-state index is 12.2. The number of anilines is 2. The van der Waals surface area contributed by atoms with Crippen molar-refractivity contribution in [2.45, 2.75) is 6.92 Å². The average Bonchev–Trinajstić information content (AvgIpc) is 2.54. The average molecular weight is 364 g/mol. The van der Waals surface area contributed by atoms with Crippen LogP contribution in [-0.2, 0) is 0 Å². The maximum Gasteiger partial charge on any atom is 0.270 e. The largest absolute Gasteiger partial charge is 0.495 e. The number of rotatable bonds is 7. The molecule has 134 valence electrons. The van der Waals surface area contributed by atoms with Gasteiger partial charge in [0.05, 0.1) is 12.1 Å². The number of benzene rings is 1. The number of carbonyl (C=O) groups excluding carboxylic acids is 1. The van der Waals surface area contributed by atoms with E-state index in [2.05, 4.69) is 20.6 Å². The van der Waals surface area contributed by atoms with Gasteiger partial charge in [0.15, 0.2) is 0 Å². The van der Waals surface area contributed by atoms with Gasteiger partial charge in [-0.1, -0.05) is 11.6 Å². The van der Waals surface area contributed by atoms with Crippen molar-refractivity contribution in [2.24, 2.45) is 0 Å². The molecule has 0 unspecified atom stereocenters. The van der Waals surface area contributed by atoms with Gasteiger partial charge in [0.25, 0.3) is 5.91 Å². The molecule has 0 saturated heterocycles. The highest BCUT2D eigenvalue weighted by Gasteiger charge is 2.11. The first-order valence-corrected chi connectivity index (χ1v) is 8.16. The Hall–Kier alpha value is -2.38. The lowest BCUT2D eigenvalue weighted by atomic mass is 10.3. The second-order valence-corrected chi connectivity index (χ2v) is 6.16. The first kappa shape index (κ1) is 19.0. The normalized spacial score (nSPS) is 10.6. The number of ether oxygens (including phenoxy) is 1. The highest BCUT2D eigenvalue weighted by Crippen LogP contribution is 2.28. The van der Waals surface area contributed by atoms with Gasteiger partial charge in [-0.05, 0) is 45.3 Å². The number of hydrogen-bond acceptors (Lipinski definition) is 6. The van der Waals surface area contributed by atoms with Crippen LogP contribution in [0.5, 0.6) is 5.75 Å². The molecule has 0 spiro atoms. The number of hydrogen-bond donors (Lipinski definition) is 2. The van der Waals surface area contributed by atoms with Crippen LogP contribution < -0.4 is 15.4 Å². The van der Waals surface area contributed by atoms with Gasteiger partial charge in [-0.3, -0.25) is 4.79 Å². The number of nitrogens with zero attached hydrogens (tertiary/aromatic N) is 3. The Morgan fingerprint density at radius 3 is 2.68 bits per heavy atom. The predicted molar refractivity (Wildman–Crippen MR) is 98.9 cm³/mol. The van der Waals surface area contributed by atoms with Crippen molar-refractivity contribution in [1.29, 1.82) is 0 Å². The first-order chi connectivity index (χ1) is 11.9. The monoisotopic (exact) mass is 363 g/mol. The molecule has 0 fully saturated rings. The van der Waals surface area contributed by atoms with E-state index in [1.807, 2.05) is 25.9 Å². The molecule has 1 amide bonds. The molecule has 0 aliphatic carbocycles. The molecule has 0 atom stereocenters. The van der Waals surface area contributed by atoms with Gasteiger partial charge in [-0.15, -0.1) is 0 Å². The lowest BCUT2D eigenvalue weighted by Gasteiger charge is -2.12. The second kappa shape index (κ2) is 8.64. The second-order valence-electron chi connectivity index (χ2n) is 5.75. The lowest BCUT2D eigenvalue weighted by molar-refractivity contribution is 0.0946. The molecule has 2 rings (SSSR count). The first-order valence-electron chi connectivity index (χ1n) is 7.78. The molecule has 0 bridgehead atoms. The number of aromatic nitrogens is 2. The summed E-state index contributed by atoms with van der Waals surface area (Å²) >= 11 is 6.12. The summed E-state index contributed by atoms with van der Waals surface area (Å²) in [6, 6.07) is 6.91. The van der Waals surface area contributed by atoms with E-state index in [1.165, 1.54) is 0 Å². The minimum atomic E-state index is -0.233. The van der Waals surface area contributed by atoms with E-state index in [9.17, 15) is 4.79 Å². The molecule has 25 heavy (non-hydrogen) atoms. The van der Waals surface area contributed by atoms with Crippen LogP contribution in [-0.4, -0.2) is 55.1 Å². The van der Waals surface area contributed by atoms with E-state index in [1.54, 1.807) is 31.4 Å². The van der Waals surface area contributed by atoms with Crippen LogP contribution >= 0.6 is 11.6 Å².